The molecule has 10 nitrogen and oxygen atoms in total. The lowest BCUT2D eigenvalue weighted by molar-refractivity contribution is 0.0859. The van der Waals surface area contributed by atoms with Gasteiger partial charge in [0.25, 0.3) is 0 Å². The number of fused-ring (bicyclic) bond motifs is 2. The van der Waals surface area contributed by atoms with Crippen LogP contribution in [0.25, 0.3) is 22.8 Å². The van der Waals surface area contributed by atoms with Gasteiger partial charge in [0.1, 0.15) is 11.9 Å². The molecule has 2 aromatic heterocycles. The molecule has 0 saturated carbocycles. The number of aryl methyl sites for hydroxylation is 1. The molecule has 0 aliphatic carbocycles. The normalized spacial score (nSPS) is 31.1. The van der Waals surface area contributed by atoms with Gasteiger partial charge in [0, 0.05) is 27.7 Å². The van der Waals surface area contributed by atoms with Crippen molar-refractivity contribution in [2.45, 2.75) is 56.4 Å². The summed E-state index contributed by atoms with van der Waals surface area (Å²) in [6.45, 7) is 1.14. The lowest BCUT2D eigenvalue weighted by Gasteiger charge is -2.47. The van der Waals surface area contributed by atoms with Crippen LogP contribution in [-0.2, 0) is 7.05 Å². The smallest absolute Gasteiger partial charge is 0.205 e. The lowest BCUT2D eigenvalue weighted by Crippen LogP contribution is -2.65. The molecule has 3 aromatic rings. The molecule has 4 atom stereocenters. The maximum Gasteiger partial charge on any atom is 0.205 e. The van der Waals surface area contributed by atoms with E-state index >= 15 is 4.39 Å². The fourth-order valence-corrected chi connectivity index (χ4v) is 4.85. The molecule has 168 valence electrons. The maximum absolute atomic E-state index is 15.7. The number of hydrogen-bond acceptors (Lipinski definition) is 9. The molecule has 2 aliphatic heterocycles. The molecule has 2 saturated heterocycles. The fourth-order valence-electron chi connectivity index (χ4n) is 4.85. The van der Waals surface area contributed by atoms with Crippen LogP contribution in [-0.4, -0.2) is 70.8 Å². The average Bonchev–Trinajstić information content (AvgIpc) is 3.33. The van der Waals surface area contributed by atoms with Gasteiger partial charge in [-0.25, -0.2) is 9.37 Å². The molecule has 2 fully saturated rings. The summed E-state index contributed by atoms with van der Waals surface area (Å²) in [6, 6.07) is 3.80. The Kier molecular flexibility index (Phi) is 3.88. The molecule has 2 bridgehead atoms. The summed E-state index contributed by atoms with van der Waals surface area (Å²) in [5.74, 6) is 0.263. The van der Waals surface area contributed by atoms with Gasteiger partial charge in [-0.1, -0.05) is 6.07 Å². The van der Waals surface area contributed by atoms with Crippen LogP contribution < -0.4 is 10.2 Å². The highest BCUT2D eigenvalue weighted by Gasteiger charge is 2.56. The first-order valence-corrected chi connectivity index (χ1v) is 10.4. The predicted octanol–water partition coefficient (Wildman–Crippen LogP) is 1.88. The van der Waals surface area contributed by atoms with Gasteiger partial charge in [-0.05, 0) is 50.5 Å². The quantitative estimate of drug-likeness (QED) is 0.624. The molecule has 0 spiro atoms. The topological polar surface area (TPSA) is 118 Å². The van der Waals surface area contributed by atoms with Gasteiger partial charge >= 0.3 is 0 Å². The molecule has 0 unspecified atom stereocenters. The Bertz CT molecular complexity index is 1250. The molecular weight excluding hydrogens is 413 g/mol. The molecule has 4 heterocycles. The number of phenols is 1. The van der Waals surface area contributed by atoms with Crippen LogP contribution in [0.3, 0.4) is 0 Å². The number of anilines is 1. The van der Waals surface area contributed by atoms with Gasteiger partial charge in [0.05, 0.1) is 24.8 Å². The second-order valence-electron chi connectivity index (χ2n) is 9.12. The van der Waals surface area contributed by atoms with Gasteiger partial charge in [0.2, 0.25) is 5.82 Å². The van der Waals surface area contributed by atoms with E-state index in [0.29, 0.717) is 29.8 Å². The standard InChI is InChI=1S/C21H26FN9O/c1-20-7-8-21(2,28-20)17(22)14(10-20)30(3)16-11-23-19(25-24-16)13-6-5-12(9-15(13)32)18-26-29-31(4)27-18/h5-6,9,11,14,17,28,32H,7-8,10H2,1-4H3/t14-,17-,20-,21+/m0/s1/i3D3. The van der Waals surface area contributed by atoms with E-state index in [9.17, 15) is 5.11 Å². The summed E-state index contributed by atoms with van der Waals surface area (Å²) in [6.07, 6.45) is 1.53. The second kappa shape index (κ2) is 7.16. The van der Waals surface area contributed by atoms with Crippen molar-refractivity contribution in [3.05, 3.63) is 24.4 Å². The van der Waals surface area contributed by atoms with Gasteiger partial charge in [-0.15, -0.1) is 20.4 Å². The number of tetrazole rings is 1. The van der Waals surface area contributed by atoms with Crippen molar-refractivity contribution < 1.29 is 13.6 Å². The van der Waals surface area contributed by atoms with E-state index < -0.39 is 24.7 Å². The zero-order valence-corrected chi connectivity index (χ0v) is 18.0. The van der Waals surface area contributed by atoms with Gasteiger partial charge in [0.15, 0.2) is 11.6 Å². The number of phenolic OH excluding ortho intramolecular Hbond substituents is 1. The van der Waals surface area contributed by atoms with E-state index in [1.165, 1.54) is 17.1 Å². The number of piperidine rings is 1. The van der Waals surface area contributed by atoms with E-state index in [0.717, 1.165) is 11.3 Å². The predicted molar refractivity (Wildman–Crippen MR) is 116 cm³/mol. The minimum absolute atomic E-state index is 0.0465. The Balaban J connectivity index is 1.45. The van der Waals surface area contributed by atoms with Crippen LogP contribution >= 0.6 is 0 Å². The van der Waals surface area contributed by atoms with E-state index in [4.69, 9.17) is 4.11 Å². The van der Waals surface area contributed by atoms with Crippen LogP contribution in [0.4, 0.5) is 10.2 Å². The Morgan fingerprint density at radius 1 is 1.25 bits per heavy atom. The summed E-state index contributed by atoms with van der Waals surface area (Å²) in [4.78, 5) is 6.57. The van der Waals surface area contributed by atoms with E-state index in [-0.39, 0.29) is 22.9 Å². The Morgan fingerprint density at radius 2 is 2.09 bits per heavy atom. The van der Waals surface area contributed by atoms with Gasteiger partial charge < -0.3 is 15.3 Å². The Labute approximate surface area is 189 Å². The molecule has 5 rings (SSSR count). The van der Waals surface area contributed by atoms with Gasteiger partial charge in [-0.2, -0.15) is 4.80 Å². The van der Waals surface area contributed by atoms with Crippen LogP contribution in [0.5, 0.6) is 5.75 Å². The number of benzene rings is 1. The molecule has 2 aliphatic rings. The van der Waals surface area contributed by atoms with E-state index in [1.54, 1.807) is 26.1 Å². The summed E-state index contributed by atoms with van der Waals surface area (Å²) < 4.78 is 40.0. The highest BCUT2D eigenvalue weighted by Crippen LogP contribution is 2.45. The molecule has 0 amide bonds. The second-order valence-corrected chi connectivity index (χ2v) is 9.12. The largest absolute Gasteiger partial charge is 0.507 e. The number of aromatic nitrogens is 7. The molecule has 2 N–H and O–H groups in total. The monoisotopic (exact) mass is 442 g/mol. The van der Waals surface area contributed by atoms with Crippen molar-refractivity contribution in [3.63, 3.8) is 0 Å². The molecule has 1 aromatic carbocycles. The van der Waals surface area contributed by atoms with Crippen LogP contribution in [0.15, 0.2) is 24.4 Å². The van der Waals surface area contributed by atoms with Crippen LogP contribution in [0.2, 0.25) is 0 Å². The number of aromatic hydroxyl groups is 1. The number of rotatable bonds is 4. The third kappa shape index (κ3) is 3.36. The molecule has 11 heteroatoms. The number of halogens is 1. The summed E-state index contributed by atoms with van der Waals surface area (Å²) in [7, 11) is 1.63. The number of hydrogen-bond donors (Lipinski definition) is 2. The molecule has 0 radical (unpaired) electrons. The van der Waals surface area contributed by atoms with Crippen molar-refractivity contribution in [3.8, 4) is 28.5 Å². The van der Waals surface area contributed by atoms with Crippen molar-refractivity contribution in [1.82, 2.24) is 40.7 Å². The summed E-state index contributed by atoms with van der Waals surface area (Å²) >= 11 is 0. The van der Waals surface area contributed by atoms with E-state index in [1.807, 2.05) is 6.92 Å². The average molecular weight is 443 g/mol. The maximum atomic E-state index is 15.7. The Morgan fingerprint density at radius 3 is 2.75 bits per heavy atom. The Hall–Kier alpha value is -3.21. The number of alkyl halides is 1. The summed E-state index contributed by atoms with van der Waals surface area (Å²) in [5.41, 5.74) is -0.333. The number of nitrogens with zero attached hydrogens (tertiary/aromatic N) is 8. The highest BCUT2D eigenvalue weighted by atomic mass is 19.1. The SMILES string of the molecule is [2H]C([2H])([2H])N(c1cnc(-c2ccc(-c3nnn(C)n3)cc2O)nn1)[C@H]1C[C@]2(C)CC[C@@](C)(N2)[C@H]1F. The highest BCUT2D eigenvalue weighted by molar-refractivity contribution is 5.69. The first-order chi connectivity index (χ1) is 16.4. The van der Waals surface area contributed by atoms with Crippen LogP contribution in [0, 0.1) is 0 Å². The zero-order chi connectivity index (χ0) is 25.2. The third-order valence-corrected chi connectivity index (χ3v) is 6.52. The van der Waals surface area contributed by atoms with E-state index in [2.05, 4.69) is 35.9 Å². The van der Waals surface area contributed by atoms with Crippen molar-refractivity contribution >= 4 is 5.82 Å². The lowest BCUT2D eigenvalue weighted by atomic mass is 9.82. The molecule has 32 heavy (non-hydrogen) atoms. The minimum Gasteiger partial charge on any atom is -0.507 e. The van der Waals surface area contributed by atoms with Crippen molar-refractivity contribution in [2.24, 2.45) is 7.05 Å². The zero-order valence-electron chi connectivity index (χ0n) is 21.0. The summed E-state index contributed by atoms with van der Waals surface area (Å²) in [5, 5.41) is 33.8. The van der Waals surface area contributed by atoms with Crippen LogP contribution in [0.1, 0.15) is 37.2 Å². The van der Waals surface area contributed by atoms with Gasteiger partial charge in [-0.3, -0.25) is 0 Å². The van der Waals surface area contributed by atoms with Crippen molar-refractivity contribution in [1.29, 1.82) is 0 Å². The first-order valence-electron chi connectivity index (χ1n) is 11.9. The van der Waals surface area contributed by atoms with Crippen molar-refractivity contribution in [2.75, 3.05) is 11.9 Å². The first kappa shape index (κ1) is 17.4. The fraction of sp³-hybridized carbons (Fsp3) is 0.524. The number of nitrogens with one attached hydrogen (secondary N) is 1. The third-order valence-electron chi connectivity index (χ3n) is 6.52. The molecular formula is C21H26FN9O. The minimum atomic E-state index is -2.65.